The van der Waals surface area contributed by atoms with Crippen molar-refractivity contribution < 1.29 is 4.74 Å². The minimum atomic E-state index is 0. The Morgan fingerprint density at radius 2 is 2.12 bits per heavy atom. The van der Waals surface area contributed by atoms with Crippen LogP contribution in [0.25, 0.3) is 0 Å². The van der Waals surface area contributed by atoms with Gasteiger partial charge >= 0.3 is 0 Å². The lowest BCUT2D eigenvalue weighted by atomic mass is 10.1. The molecule has 2 atom stereocenters. The van der Waals surface area contributed by atoms with Gasteiger partial charge in [0.2, 0.25) is 0 Å². The molecule has 1 aliphatic rings. The van der Waals surface area contributed by atoms with Crippen LogP contribution in [0.3, 0.4) is 0 Å². The van der Waals surface area contributed by atoms with Crippen LogP contribution in [0.1, 0.15) is 26.3 Å². The van der Waals surface area contributed by atoms with E-state index < -0.39 is 0 Å². The van der Waals surface area contributed by atoms with E-state index in [9.17, 15) is 0 Å². The topological polar surface area (TPSA) is 48.9 Å². The number of nitrogens with zero attached hydrogens (tertiary/aromatic N) is 2. The van der Waals surface area contributed by atoms with Crippen LogP contribution in [0.2, 0.25) is 5.02 Å². The number of nitrogens with one attached hydrogen (secondary N) is 2. The zero-order valence-electron chi connectivity index (χ0n) is 16.4. The Morgan fingerprint density at radius 3 is 2.65 bits per heavy atom. The Morgan fingerprint density at radius 1 is 1.38 bits per heavy atom. The maximum Gasteiger partial charge on any atom is 0.191 e. The summed E-state index contributed by atoms with van der Waals surface area (Å²) in [7, 11) is 3.46. The van der Waals surface area contributed by atoms with Crippen molar-refractivity contribution >= 4 is 41.5 Å². The summed E-state index contributed by atoms with van der Waals surface area (Å²) >= 11 is 6.30. The first kappa shape index (κ1) is 23.3. The molecule has 0 aromatic heterocycles. The predicted octanol–water partition coefficient (Wildman–Crippen LogP) is 3.40. The van der Waals surface area contributed by atoms with Gasteiger partial charge in [0, 0.05) is 43.8 Å². The second-order valence-corrected chi connectivity index (χ2v) is 7.39. The summed E-state index contributed by atoms with van der Waals surface area (Å²) in [6, 6.07) is 6.82. The number of likely N-dealkylation sites (tertiary alicyclic amines) is 1. The number of guanidine groups is 1. The molecule has 1 aliphatic heterocycles. The van der Waals surface area contributed by atoms with Gasteiger partial charge in [-0.2, -0.15) is 0 Å². The van der Waals surface area contributed by atoms with E-state index in [-0.39, 0.29) is 24.0 Å². The number of hydrogen-bond acceptors (Lipinski definition) is 3. The third-order valence-electron chi connectivity index (χ3n) is 4.86. The van der Waals surface area contributed by atoms with Crippen LogP contribution in [0, 0.1) is 5.92 Å². The van der Waals surface area contributed by atoms with Crippen molar-refractivity contribution in [2.24, 2.45) is 10.9 Å². The third-order valence-corrected chi connectivity index (χ3v) is 5.22. The number of rotatable bonds is 6. The van der Waals surface area contributed by atoms with Crippen LogP contribution >= 0.6 is 35.6 Å². The van der Waals surface area contributed by atoms with Gasteiger partial charge in [-0.3, -0.25) is 9.89 Å². The maximum atomic E-state index is 6.30. The monoisotopic (exact) mass is 494 g/mol. The van der Waals surface area contributed by atoms with Crippen LogP contribution < -0.4 is 15.4 Å². The highest BCUT2D eigenvalue weighted by Gasteiger charge is 2.31. The summed E-state index contributed by atoms with van der Waals surface area (Å²) < 4.78 is 5.19. The average molecular weight is 495 g/mol. The van der Waals surface area contributed by atoms with Gasteiger partial charge in [-0.1, -0.05) is 24.6 Å². The number of ether oxygens (including phenoxy) is 1. The molecule has 1 aromatic rings. The highest BCUT2D eigenvalue weighted by atomic mass is 127. The average Bonchev–Trinajstić information content (AvgIpc) is 2.96. The van der Waals surface area contributed by atoms with Crippen LogP contribution in [-0.2, 0) is 6.42 Å². The molecule has 148 valence electrons. The summed E-state index contributed by atoms with van der Waals surface area (Å²) in [5.41, 5.74) is 1.10. The Balaban J connectivity index is 0.00000338. The molecule has 0 aliphatic carbocycles. The van der Waals surface area contributed by atoms with E-state index in [4.69, 9.17) is 16.3 Å². The van der Waals surface area contributed by atoms with Crippen LogP contribution in [0.5, 0.6) is 5.75 Å². The quantitative estimate of drug-likeness (QED) is 0.362. The van der Waals surface area contributed by atoms with Gasteiger partial charge in [-0.05, 0) is 43.9 Å². The lowest BCUT2D eigenvalue weighted by Gasteiger charge is -2.22. The fourth-order valence-electron chi connectivity index (χ4n) is 3.16. The molecule has 7 heteroatoms. The number of benzene rings is 1. The van der Waals surface area contributed by atoms with Crippen molar-refractivity contribution in [3.63, 3.8) is 0 Å². The highest BCUT2D eigenvalue weighted by Crippen LogP contribution is 2.22. The largest absolute Gasteiger partial charge is 0.497 e. The van der Waals surface area contributed by atoms with Crippen molar-refractivity contribution in [1.82, 2.24) is 15.5 Å². The van der Waals surface area contributed by atoms with E-state index in [0.29, 0.717) is 18.0 Å². The third kappa shape index (κ3) is 6.46. The standard InChI is InChI=1S/C19H31ClN4O.HI/c1-13(2)24-11-14(3)18(12-24)23-19(21-4)22-9-8-15-6-7-16(25-5)10-17(15)20;/h6-7,10,13-14,18H,8-9,11-12H2,1-5H3,(H2,21,22,23);1H. The molecule has 1 fully saturated rings. The fourth-order valence-corrected chi connectivity index (χ4v) is 3.42. The summed E-state index contributed by atoms with van der Waals surface area (Å²) in [5.74, 6) is 2.24. The SMILES string of the molecule is CN=C(NCCc1ccc(OC)cc1Cl)NC1CN(C(C)C)CC1C.I. The van der Waals surface area contributed by atoms with Crippen molar-refractivity contribution in [3.8, 4) is 5.75 Å². The summed E-state index contributed by atoms with van der Waals surface area (Å²) in [6.07, 6.45) is 0.835. The Labute approximate surface area is 179 Å². The summed E-state index contributed by atoms with van der Waals surface area (Å²) in [4.78, 5) is 6.87. The Bertz CT molecular complexity index is 597. The minimum absolute atomic E-state index is 0. The smallest absolute Gasteiger partial charge is 0.191 e. The molecule has 2 unspecified atom stereocenters. The first-order valence-corrected chi connectivity index (χ1v) is 9.36. The van der Waals surface area contributed by atoms with Gasteiger partial charge in [-0.15, -0.1) is 24.0 Å². The van der Waals surface area contributed by atoms with Gasteiger partial charge in [0.25, 0.3) is 0 Å². The van der Waals surface area contributed by atoms with Gasteiger partial charge in [0.1, 0.15) is 5.75 Å². The molecule has 0 spiro atoms. The molecule has 2 rings (SSSR count). The molecule has 0 saturated carbocycles. The zero-order chi connectivity index (χ0) is 18.4. The number of hydrogen-bond donors (Lipinski definition) is 2. The van der Waals surface area contributed by atoms with E-state index >= 15 is 0 Å². The summed E-state index contributed by atoms with van der Waals surface area (Å²) in [5, 5.41) is 7.70. The zero-order valence-corrected chi connectivity index (χ0v) is 19.5. The number of aliphatic imine (C=N–C) groups is 1. The molecule has 2 N–H and O–H groups in total. The van der Waals surface area contributed by atoms with Crippen molar-refractivity contribution in [1.29, 1.82) is 0 Å². The van der Waals surface area contributed by atoms with Gasteiger partial charge < -0.3 is 15.4 Å². The van der Waals surface area contributed by atoms with E-state index in [1.54, 1.807) is 7.11 Å². The number of methoxy groups -OCH3 is 1. The van der Waals surface area contributed by atoms with Crippen molar-refractivity contribution in [3.05, 3.63) is 28.8 Å². The molecule has 1 heterocycles. The van der Waals surface area contributed by atoms with E-state index in [1.807, 2.05) is 25.2 Å². The molecular formula is C19H32ClIN4O. The maximum absolute atomic E-state index is 6.30. The van der Waals surface area contributed by atoms with Gasteiger partial charge in [-0.25, -0.2) is 0 Å². The van der Waals surface area contributed by atoms with E-state index in [1.165, 1.54) is 0 Å². The Kier molecular flexibility index (Phi) is 10.0. The molecular weight excluding hydrogens is 463 g/mol. The molecule has 1 aromatic carbocycles. The number of halogens is 2. The predicted molar refractivity (Wildman–Crippen MR) is 121 cm³/mol. The van der Waals surface area contributed by atoms with Crippen molar-refractivity contribution in [2.45, 2.75) is 39.3 Å². The lowest BCUT2D eigenvalue weighted by Crippen LogP contribution is -2.47. The first-order valence-electron chi connectivity index (χ1n) is 8.98. The van der Waals surface area contributed by atoms with E-state index in [2.05, 4.69) is 41.3 Å². The Hall–Kier alpha value is -0.730. The molecule has 0 radical (unpaired) electrons. The van der Waals surface area contributed by atoms with Crippen LogP contribution in [0.4, 0.5) is 0 Å². The minimum Gasteiger partial charge on any atom is -0.497 e. The molecule has 26 heavy (non-hydrogen) atoms. The highest BCUT2D eigenvalue weighted by molar-refractivity contribution is 14.0. The molecule has 0 bridgehead atoms. The van der Waals surface area contributed by atoms with Gasteiger partial charge in [0.05, 0.1) is 7.11 Å². The van der Waals surface area contributed by atoms with E-state index in [0.717, 1.165) is 48.4 Å². The molecule has 0 amide bonds. The normalized spacial score (nSPS) is 20.8. The van der Waals surface area contributed by atoms with Crippen LogP contribution in [0.15, 0.2) is 23.2 Å². The second kappa shape index (κ2) is 11.2. The molecule has 1 saturated heterocycles. The fraction of sp³-hybridized carbons (Fsp3) is 0.632. The first-order chi connectivity index (χ1) is 11.9. The molecule has 5 nitrogen and oxygen atoms in total. The lowest BCUT2D eigenvalue weighted by molar-refractivity contribution is 0.265. The van der Waals surface area contributed by atoms with Crippen LogP contribution in [-0.4, -0.2) is 56.7 Å². The summed E-state index contributed by atoms with van der Waals surface area (Å²) in [6.45, 7) is 9.77. The van der Waals surface area contributed by atoms with Crippen molar-refractivity contribution in [2.75, 3.05) is 33.8 Å². The second-order valence-electron chi connectivity index (χ2n) is 6.98. The van der Waals surface area contributed by atoms with Gasteiger partial charge in [0.15, 0.2) is 5.96 Å².